The lowest BCUT2D eigenvalue weighted by molar-refractivity contribution is 0.0742. The monoisotopic (exact) mass is 323 g/mol. The summed E-state index contributed by atoms with van der Waals surface area (Å²) in [4.78, 5) is 18.3. The molecule has 3 aromatic rings. The smallest absolute Gasteiger partial charge is 0.254 e. The molecule has 0 aliphatic rings. The highest BCUT2D eigenvalue weighted by atomic mass is 19.1. The summed E-state index contributed by atoms with van der Waals surface area (Å²) >= 11 is 0. The normalized spacial score (nSPS) is 12.0. The number of rotatable bonds is 4. The summed E-state index contributed by atoms with van der Waals surface area (Å²) in [6, 6.07) is 13.4. The van der Waals surface area contributed by atoms with Gasteiger partial charge in [0.1, 0.15) is 5.82 Å². The fraction of sp³-hybridized carbons (Fsp3) is 0.158. The van der Waals surface area contributed by atoms with E-state index in [1.165, 1.54) is 12.1 Å². The van der Waals surface area contributed by atoms with Gasteiger partial charge in [-0.25, -0.2) is 9.37 Å². The third kappa shape index (κ3) is 3.20. The molecular weight excluding hydrogens is 305 g/mol. The number of hydrogen-bond donors (Lipinski definition) is 0. The van der Waals surface area contributed by atoms with Crippen LogP contribution in [-0.2, 0) is 0 Å². The molecule has 1 aromatic heterocycles. The number of benzene rings is 2. The van der Waals surface area contributed by atoms with E-state index in [1.54, 1.807) is 48.7 Å². The Bertz CT molecular complexity index is 811. The topological polar surface area (TPSA) is 38.1 Å². The highest BCUT2D eigenvalue weighted by Crippen LogP contribution is 2.21. The predicted molar refractivity (Wildman–Crippen MR) is 90.5 cm³/mol. The van der Waals surface area contributed by atoms with E-state index in [1.807, 2.05) is 29.8 Å². The minimum atomic E-state index is -0.282. The molecule has 0 spiro atoms. The maximum atomic E-state index is 13.0. The summed E-state index contributed by atoms with van der Waals surface area (Å²) in [6.07, 6.45) is 5.26. The Labute approximate surface area is 140 Å². The van der Waals surface area contributed by atoms with Crippen molar-refractivity contribution < 1.29 is 9.18 Å². The molecule has 0 radical (unpaired) electrons. The molecule has 0 fully saturated rings. The van der Waals surface area contributed by atoms with Crippen LogP contribution in [-0.4, -0.2) is 27.4 Å². The van der Waals surface area contributed by atoms with Crippen molar-refractivity contribution in [3.05, 3.63) is 84.2 Å². The first-order valence-electron chi connectivity index (χ1n) is 7.67. The SMILES string of the molecule is CC(c1ccc(F)cc1)N(C)C(=O)c1ccc(-n2ccnc2)cc1. The molecule has 3 rings (SSSR count). The average Bonchev–Trinajstić information content (AvgIpc) is 3.15. The van der Waals surface area contributed by atoms with E-state index < -0.39 is 0 Å². The Morgan fingerprint density at radius 2 is 1.79 bits per heavy atom. The van der Waals surface area contributed by atoms with Gasteiger partial charge in [0, 0.05) is 30.7 Å². The quantitative estimate of drug-likeness (QED) is 0.731. The molecular formula is C19H18FN3O. The lowest BCUT2D eigenvalue weighted by Crippen LogP contribution is -2.29. The number of carbonyl (C=O) groups excluding carboxylic acids is 1. The number of halogens is 1. The van der Waals surface area contributed by atoms with Gasteiger partial charge in [-0.05, 0) is 48.9 Å². The van der Waals surface area contributed by atoms with Crippen molar-refractivity contribution in [3.63, 3.8) is 0 Å². The summed E-state index contributed by atoms with van der Waals surface area (Å²) in [7, 11) is 1.75. The van der Waals surface area contributed by atoms with E-state index in [0.29, 0.717) is 5.56 Å². The summed E-state index contributed by atoms with van der Waals surface area (Å²) in [5.41, 5.74) is 2.44. The second kappa shape index (κ2) is 6.66. The number of amides is 1. The number of imidazole rings is 1. The molecule has 0 bridgehead atoms. The standard InChI is InChI=1S/C19H18FN3O/c1-14(15-3-7-17(20)8-4-15)22(2)19(24)16-5-9-18(10-6-16)23-12-11-21-13-23/h3-14H,1-2H3. The van der Waals surface area contributed by atoms with Crippen molar-refractivity contribution in [1.82, 2.24) is 14.5 Å². The minimum Gasteiger partial charge on any atom is -0.335 e. The molecule has 0 saturated heterocycles. The minimum absolute atomic E-state index is 0.0796. The van der Waals surface area contributed by atoms with Crippen LogP contribution in [0.5, 0.6) is 0 Å². The van der Waals surface area contributed by atoms with E-state index >= 15 is 0 Å². The molecule has 122 valence electrons. The maximum absolute atomic E-state index is 13.0. The molecule has 0 N–H and O–H groups in total. The molecule has 5 heteroatoms. The van der Waals surface area contributed by atoms with Gasteiger partial charge in [0.15, 0.2) is 0 Å². The van der Waals surface area contributed by atoms with Crippen LogP contribution >= 0.6 is 0 Å². The van der Waals surface area contributed by atoms with Crippen LogP contribution in [0.25, 0.3) is 5.69 Å². The lowest BCUT2D eigenvalue weighted by Gasteiger charge is -2.25. The Hall–Kier alpha value is -2.95. The van der Waals surface area contributed by atoms with Gasteiger partial charge in [0.25, 0.3) is 5.91 Å². The van der Waals surface area contributed by atoms with Crippen LogP contribution in [0.4, 0.5) is 4.39 Å². The van der Waals surface area contributed by atoms with Gasteiger partial charge in [-0.3, -0.25) is 4.79 Å². The molecule has 1 heterocycles. The second-order valence-corrected chi connectivity index (χ2v) is 5.66. The van der Waals surface area contributed by atoms with Gasteiger partial charge < -0.3 is 9.47 Å². The van der Waals surface area contributed by atoms with Crippen LogP contribution in [0.1, 0.15) is 28.9 Å². The molecule has 0 saturated carbocycles. The Balaban J connectivity index is 1.76. The van der Waals surface area contributed by atoms with Gasteiger partial charge in [-0.1, -0.05) is 12.1 Å². The summed E-state index contributed by atoms with van der Waals surface area (Å²) in [5.74, 6) is -0.362. The van der Waals surface area contributed by atoms with Crippen LogP contribution in [0.2, 0.25) is 0 Å². The molecule has 1 amide bonds. The predicted octanol–water partition coefficient (Wildman–Crippen LogP) is 3.84. The zero-order chi connectivity index (χ0) is 17.1. The molecule has 4 nitrogen and oxygen atoms in total. The van der Waals surface area contributed by atoms with Gasteiger partial charge >= 0.3 is 0 Å². The number of carbonyl (C=O) groups is 1. The number of aromatic nitrogens is 2. The van der Waals surface area contributed by atoms with Gasteiger partial charge in [0.2, 0.25) is 0 Å². The zero-order valence-electron chi connectivity index (χ0n) is 13.6. The van der Waals surface area contributed by atoms with E-state index in [9.17, 15) is 9.18 Å². The molecule has 24 heavy (non-hydrogen) atoms. The largest absolute Gasteiger partial charge is 0.335 e. The number of nitrogens with zero attached hydrogens (tertiary/aromatic N) is 3. The summed E-state index contributed by atoms with van der Waals surface area (Å²) in [5, 5.41) is 0. The van der Waals surface area contributed by atoms with Crippen LogP contribution in [0, 0.1) is 5.82 Å². The zero-order valence-corrected chi connectivity index (χ0v) is 13.6. The van der Waals surface area contributed by atoms with Crippen molar-refractivity contribution in [2.24, 2.45) is 0 Å². The first-order valence-corrected chi connectivity index (χ1v) is 7.67. The summed E-state index contributed by atoms with van der Waals surface area (Å²) < 4.78 is 14.9. The fourth-order valence-corrected chi connectivity index (χ4v) is 2.53. The van der Waals surface area contributed by atoms with Crippen molar-refractivity contribution in [1.29, 1.82) is 0 Å². The van der Waals surface area contributed by atoms with E-state index in [-0.39, 0.29) is 17.8 Å². The van der Waals surface area contributed by atoms with E-state index in [0.717, 1.165) is 11.3 Å². The van der Waals surface area contributed by atoms with Gasteiger partial charge in [-0.2, -0.15) is 0 Å². The average molecular weight is 323 g/mol. The molecule has 1 unspecified atom stereocenters. The van der Waals surface area contributed by atoms with Crippen molar-refractivity contribution in [3.8, 4) is 5.69 Å². The molecule has 0 aliphatic carbocycles. The first-order chi connectivity index (χ1) is 11.6. The summed E-state index contributed by atoms with van der Waals surface area (Å²) in [6.45, 7) is 1.92. The third-order valence-electron chi connectivity index (χ3n) is 4.17. The lowest BCUT2D eigenvalue weighted by atomic mass is 10.1. The van der Waals surface area contributed by atoms with Crippen LogP contribution < -0.4 is 0 Å². The molecule has 0 aliphatic heterocycles. The highest BCUT2D eigenvalue weighted by molar-refractivity contribution is 5.94. The van der Waals surface area contributed by atoms with Crippen molar-refractivity contribution >= 4 is 5.91 Å². The third-order valence-corrected chi connectivity index (χ3v) is 4.17. The highest BCUT2D eigenvalue weighted by Gasteiger charge is 2.19. The van der Waals surface area contributed by atoms with Gasteiger partial charge in [0.05, 0.1) is 12.4 Å². The first kappa shape index (κ1) is 15.9. The fourth-order valence-electron chi connectivity index (χ4n) is 2.53. The van der Waals surface area contributed by atoms with Crippen molar-refractivity contribution in [2.75, 3.05) is 7.05 Å². The van der Waals surface area contributed by atoms with Crippen molar-refractivity contribution in [2.45, 2.75) is 13.0 Å². The Kier molecular flexibility index (Phi) is 4.42. The maximum Gasteiger partial charge on any atom is 0.254 e. The Morgan fingerprint density at radius 1 is 1.12 bits per heavy atom. The number of hydrogen-bond acceptors (Lipinski definition) is 2. The van der Waals surface area contributed by atoms with E-state index in [2.05, 4.69) is 4.98 Å². The molecule has 2 aromatic carbocycles. The molecule has 1 atom stereocenters. The second-order valence-electron chi connectivity index (χ2n) is 5.66. The van der Waals surface area contributed by atoms with E-state index in [4.69, 9.17) is 0 Å². The van der Waals surface area contributed by atoms with Crippen LogP contribution in [0.3, 0.4) is 0 Å². The van der Waals surface area contributed by atoms with Gasteiger partial charge in [-0.15, -0.1) is 0 Å². The Morgan fingerprint density at radius 3 is 2.38 bits per heavy atom. The van der Waals surface area contributed by atoms with Crippen LogP contribution in [0.15, 0.2) is 67.3 Å².